The molecule has 134 valence electrons. The summed E-state index contributed by atoms with van der Waals surface area (Å²) in [6.45, 7) is 0. The Morgan fingerprint density at radius 1 is 0.821 bits per heavy atom. The molecule has 2 aromatic carbocycles. The lowest BCUT2D eigenvalue weighted by Gasteiger charge is -2.15. The number of carbonyl (C=O) groups is 2. The first-order valence-electron chi connectivity index (χ1n) is 8.62. The molecule has 0 bridgehead atoms. The molecule has 4 aromatic rings. The van der Waals surface area contributed by atoms with E-state index in [1.165, 1.54) is 12.3 Å². The standard InChI is InChI=1S/C22H12N2O4/c25-19-16-15(13-7-3-1-4-8-13)11-12-24(27)18(16)20(26)21-17(19)23-22(28-21)14-9-5-2-6-10-14/h1-12H. The normalized spacial score (nSPS) is 12.6. The Labute approximate surface area is 159 Å². The average Bonchev–Trinajstić information content (AvgIpc) is 3.19. The van der Waals surface area contributed by atoms with Crippen LogP contribution >= 0.6 is 0 Å². The van der Waals surface area contributed by atoms with Crippen LogP contribution in [0.2, 0.25) is 0 Å². The van der Waals surface area contributed by atoms with Crippen LogP contribution in [0.4, 0.5) is 0 Å². The minimum Gasteiger partial charge on any atom is -0.618 e. The molecule has 0 aliphatic heterocycles. The first-order valence-corrected chi connectivity index (χ1v) is 8.62. The highest BCUT2D eigenvalue weighted by Gasteiger charge is 2.42. The number of rotatable bonds is 2. The van der Waals surface area contributed by atoms with Crippen molar-refractivity contribution < 1.29 is 18.7 Å². The lowest BCUT2D eigenvalue weighted by atomic mass is 9.88. The van der Waals surface area contributed by atoms with Gasteiger partial charge < -0.3 is 9.62 Å². The number of benzene rings is 2. The number of hydrogen-bond donors (Lipinski definition) is 0. The Balaban J connectivity index is 1.74. The zero-order valence-electron chi connectivity index (χ0n) is 14.5. The lowest BCUT2D eigenvalue weighted by molar-refractivity contribution is -0.607. The van der Waals surface area contributed by atoms with Crippen LogP contribution in [0.3, 0.4) is 0 Å². The number of nitrogens with zero attached hydrogens (tertiary/aromatic N) is 2. The Bertz CT molecular complexity index is 1240. The molecule has 28 heavy (non-hydrogen) atoms. The van der Waals surface area contributed by atoms with Crippen LogP contribution in [0.5, 0.6) is 0 Å². The first kappa shape index (κ1) is 16.1. The van der Waals surface area contributed by atoms with Crippen LogP contribution in [0.15, 0.2) is 77.3 Å². The molecule has 2 aromatic heterocycles. The van der Waals surface area contributed by atoms with E-state index in [4.69, 9.17) is 4.42 Å². The molecule has 6 heteroatoms. The van der Waals surface area contributed by atoms with E-state index in [9.17, 15) is 14.8 Å². The number of ketones is 2. The van der Waals surface area contributed by atoms with Crippen LogP contribution in [0, 0.1) is 5.21 Å². The fourth-order valence-electron chi connectivity index (χ4n) is 3.40. The van der Waals surface area contributed by atoms with E-state index in [0.29, 0.717) is 15.9 Å². The van der Waals surface area contributed by atoms with Gasteiger partial charge in [0.05, 0.1) is 0 Å². The van der Waals surface area contributed by atoms with Crippen molar-refractivity contribution in [2.75, 3.05) is 0 Å². The summed E-state index contributed by atoms with van der Waals surface area (Å²) in [4.78, 5) is 30.5. The predicted molar refractivity (Wildman–Crippen MR) is 99.6 cm³/mol. The Morgan fingerprint density at radius 2 is 1.46 bits per heavy atom. The van der Waals surface area contributed by atoms with Crippen molar-refractivity contribution in [3.63, 3.8) is 0 Å². The molecule has 0 amide bonds. The maximum atomic E-state index is 13.2. The topological polar surface area (TPSA) is 87.1 Å². The summed E-state index contributed by atoms with van der Waals surface area (Å²) in [5.74, 6) is -1.18. The molecule has 1 aliphatic rings. The van der Waals surface area contributed by atoms with E-state index in [1.807, 2.05) is 36.4 Å². The molecule has 2 heterocycles. The van der Waals surface area contributed by atoms with Crippen molar-refractivity contribution in [3.8, 4) is 22.6 Å². The monoisotopic (exact) mass is 368 g/mol. The summed E-state index contributed by atoms with van der Waals surface area (Å²) < 4.78 is 6.01. The molecule has 0 N–H and O–H groups in total. The largest absolute Gasteiger partial charge is 0.618 e. The molecule has 5 rings (SSSR count). The van der Waals surface area contributed by atoms with Crippen LogP contribution < -0.4 is 4.73 Å². The van der Waals surface area contributed by atoms with E-state index in [1.54, 1.807) is 24.3 Å². The van der Waals surface area contributed by atoms with E-state index < -0.39 is 11.6 Å². The summed E-state index contributed by atoms with van der Waals surface area (Å²) in [6.07, 6.45) is 1.23. The van der Waals surface area contributed by atoms with Gasteiger partial charge in [-0.15, -0.1) is 0 Å². The summed E-state index contributed by atoms with van der Waals surface area (Å²) in [5, 5.41) is 12.4. The summed E-state index contributed by atoms with van der Waals surface area (Å²) >= 11 is 0. The molecule has 0 atom stereocenters. The van der Waals surface area contributed by atoms with Gasteiger partial charge >= 0.3 is 0 Å². The van der Waals surface area contributed by atoms with Gasteiger partial charge in [-0.3, -0.25) is 9.59 Å². The Morgan fingerprint density at radius 3 is 2.14 bits per heavy atom. The molecule has 0 saturated carbocycles. The van der Waals surface area contributed by atoms with E-state index >= 15 is 0 Å². The minimum atomic E-state index is -0.646. The number of carbonyl (C=O) groups excluding carboxylic acids is 2. The smallest absolute Gasteiger partial charge is 0.296 e. The third-order valence-electron chi connectivity index (χ3n) is 4.70. The molecule has 0 saturated heterocycles. The van der Waals surface area contributed by atoms with Crippen LogP contribution in [-0.4, -0.2) is 16.6 Å². The van der Waals surface area contributed by atoms with Crippen molar-refractivity contribution in [1.82, 2.24) is 4.98 Å². The minimum absolute atomic E-state index is 0.0501. The van der Waals surface area contributed by atoms with Gasteiger partial charge in [-0.25, -0.2) is 4.98 Å². The highest BCUT2D eigenvalue weighted by Crippen LogP contribution is 2.34. The average molecular weight is 368 g/mol. The van der Waals surface area contributed by atoms with Crippen molar-refractivity contribution >= 4 is 11.6 Å². The molecule has 6 nitrogen and oxygen atoms in total. The second-order valence-electron chi connectivity index (χ2n) is 6.37. The third-order valence-corrected chi connectivity index (χ3v) is 4.70. The third kappa shape index (κ3) is 2.28. The fourth-order valence-corrected chi connectivity index (χ4v) is 3.40. The Hall–Kier alpha value is -4.06. The molecule has 0 unspecified atom stereocenters. The Kier molecular flexibility index (Phi) is 3.45. The maximum Gasteiger partial charge on any atom is 0.296 e. The van der Waals surface area contributed by atoms with E-state index in [2.05, 4.69) is 4.98 Å². The number of oxazole rings is 1. The predicted octanol–water partition coefficient (Wildman–Crippen LogP) is 3.42. The van der Waals surface area contributed by atoms with Crippen molar-refractivity contribution in [1.29, 1.82) is 0 Å². The zero-order chi connectivity index (χ0) is 19.3. The van der Waals surface area contributed by atoms with Gasteiger partial charge in [-0.2, -0.15) is 4.73 Å². The van der Waals surface area contributed by atoms with Gasteiger partial charge in [0, 0.05) is 17.2 Å². The molecular formula is C22H12N2O4. The SMILES string of the molecule is O=C1c2nc(-c3ccccc3)oc2C(=O)c2c1c(-c1ccccc1)cc[n+]2[O-]. The molecule has 0 spiro atoms. The quantitative estimate of drug-likeness (QED) is 0.352. The summed E-state index contributed by atoms with van der Waals surface area (Å²) in [5.41, 5.74) is 1.62. The van der Waals surface area contributed by atoms with Crippen molar-refractivity contribution in [3.05, 3.63) is 101 Å². The van der Waals surface area contributed by atoms with E-state index in [0.717, 1.165) is 5.56 Å². The first-order chi connectivity index (χ1) is 13.6. The highest BCUT2D eigenvalue weighted by molar-refractivity contribution is 6.27. The molecular weight excluding hydrogens is 356 g/mol. The second kappa shape index (κ2) is 5.99. The number of aromatic nitrogens is 2. The molecule has 0 fully saturated rings. The summed E-state index contributed by atoms with van der Waals surface area (Å²) in [7, 11) is 0. The number of hydrogen-bond acceptors (Lipinski definition) is 5. The fraction of sp³-hybridized carbons (Fsp3) is 0. The van der Waals surface area contributed by atoms with Gasteiger partial charge in [0.2, 0.25) is 17.4 Å². The second-order valence-corrected chi connectivity index (χ2v) is 6.37. The van der Waals surface area contributed by atoms with Crippen molar-refractivity contribution in [2.24, 2.45) is 0 Å². The van der Waals surface area contributed by atoms with Gasteiger partial charge in [-0.1, -0.05) is 48.5 Å². The van der Waals surface area contributed by atoms with Crippen LogP contribution in [-0.2, 0) is 0 Å². The van der Waals surface area contributed by atoms with E-state index in [-0.39, 0.29) is 28.6 Å². The van der Waals surface area contributed by atoms with Gasteiger partial charge in [0.15, 0.2) is 11.9 Å². The van der Waals surface area contributed by atoms with Gasteiger partial charge in [0.1, 0.15) is 5.56 Å². The summed E-state index contributed by atoms with van der Waals surface area (Å²) in [6, 6.07) is 19.6. The van der Waals surface area contributed by atoms with Crippen LogP contribution in [0.25, 0.3) is 22.6 Å². The molecule has 1 aliphatic carbocycles. The lowest BCUT2D eigenvalue weighted by Crippen LogP contribution is -2.40. The van der Waals surface area contributed by atoms with Crippen molar-refractivity contribution in [2.45, 2.75) is 0 Å². The molecule has 0 radical (unpaired) electrons. The maximum absolute atomic E-state index is 13.2. The van der Waals surface area contributed by atoms with Crippen LogP contribution in [0.1, 0.15) is 32.3 Å². The number of fused-ring (bicyclic) bond motifs is 2. The van der Waals surface area contributed by atoms with Gasteiger partial charge in [0.25, 0.3) is 11.5 Å². The van der Waals surface area contributed by atoms with Gasteiger partial charge in [-0.05, 0) is 17.7 Å². The zero-order valence-corrected chi connectivity index (χ0v) is 14.5. The number of pyridine rings is 1. The highest BCUT2D eigenvalue weighted by atomic mass is 16.5.